The fraction of sp³-hybridized carbons (Fsp3) is 0.385. The van der Waals surface area contributed by atoms with Crippen LogP contribution in [0.5, 0.6) is 0 Å². The van der Waals surface area contributed by atoms with Gasteiger partial charge in [0.05, 0.1) is 6.54 Å². The summed E-state index contributed by atoms with van der Waals surface area (Å²) in [5.74, 6) is -0.0740. The van der Waals surface area contributed by atoms with Gasteiger partial charge in [-0.1, -0.05) is 25.1 Å². The van der Waals surface area contributed by atoms with Gasteiger partial charge in [-0.25, -0.2) is 0 Å². The average molecular weight is 247 g/mol. The summed E-state index contributed by atoms with van der Waals surface area (Å²) in [5, 5.41) is 2.54. The molecular formula is C13H17N3O2. The Kier molecular flexibility index (Phi) is 3.62. The number of nitrogens with zero attached hydrogens (tertiary/aromatic N) is 1. The first-order valence-corrected chi connectivity index (χ1v) is 5.99. The minimum Gasteiger partial charge on any atom is -0.345 e. The fourth-order valence-corrected chi connectivity index (χ4v) is 2.05. The molecule has 0 aliphatic carbocycles. The summed E-state index contributed by atoms with van der Waals surface area (Å²) in [5.41, 5.74) is 7.47. The SMILES string of the molecule is CC(CN)c1ccccc1N1CC(=O)NCC1=O. The van der Waals surface area contributed by atoms with E-state index in [4.69, 9.17) is 5.73 Å². The molecule has 18 heavy (non-hydrogen) atoms. The van der Waals surface area contributed by atoms with Crippen LogP contribution in [0.1, 0.15) is 18.4 Å². The van der Waals surface area contributed by atoms with Crippen molar-refractivity contribution in [1.82, 2.24) is 5.32 Å². The van der Waals surface area contributed by atoms with Gasteiger partial charge in [-0.15, -0.1) is 0 Å². The van der Waals surface area contributed by atoms with Crippen LogP contribution in [0.3, 0.4) is 0 Å². The summed E-state index contributed by atoms with van der Waals surface area (Å²) in [6.07, 6.45) is 0. The molecule has 0 saturated carbocycles. The van der Waals surface area contributed by atoms with E-state index in [0.717, 1.165) is 11.3 Å². The summed E-state index contributed by atoms with van der Waals surface area (Å²) >= 11 is 0. The molecule has 1 unspecified atom stereocenters. The molecule has 5 heteroatoms. The van der Waals surface area contributed by atoms with Crippen LogP contribution in [0.25, 0.3) is 0 Å². The van der Waals surface area contributed by atoms with Crippen LogP contribution in [0, 0.1) is 0 Å². The van der Waals surface area contributed by atoms with Crippen LogP contribution < -0.4 is 16.0 Å². The second-order valence-electron chi connectivity index (χ2n) is 4.45. The van der Waals surface area contributed by atoms with Crippen molar-refractivity contribution in [2.24, 2.45) is 5.73 Å². The van der Waals surface area contributed by atoms with E-state index in [-0.39, 0.29) is 30.8 Å². The number of carbonyl (C=O) groups excluding carboxylic acids is 2. The summed E-state index contributed by atoms with van der Waals surface area (Å²) in [7, 11) is 0. The third kappa shape index (κ3) is 2.36. The molecule has 1 aromatic carbocycles. The lowest BCUT2D eigenvalue weighted by atomic mass is 9.98. The van der Waals surface area contributed by atoms with Gasteiger partial charge >= 0.3 is 0 Å². The van der Waals surface area contributed by atoms with Crippen LogP contribution in [0.2, 0.25) is 0 Å². The van der Waals surface area contributed by atoms with Gasteiger partial charge in [0.15, 0.2) is 0 Å². The standard InChI is InChI=1S/C13H17N3O2/c1-9(6-14)10-4-2-3-5-11(10)16-8-12(17)15-7-13(16)18/h2-5,9H,6-8,14H2,1H3,(H,15,17). The van der Waals surface area contributed by atoms with E-state index in [1.54, 1.807) is 0 Å². The normalized spacial score (nSPS) is 17.6. The minimum atomic E-state index is -0.134. The summed E-state index contributed by atoms with van der Waals surface area (Å²) in [6, 6.07) is 7.59. The van der Waals surface area contributed by atoms with Crippen LogP contribution in [-0.2, 0) is 9.59 Å². The monoisotopic (exact) mass is 247 g/mol. The first-order chi connectivity index (χ1) is 8.63. The highest BCUT2D eigenvalue weighted by atomic mass is 16.2. The molecule has 1 fully saturated rings. The molecule has 1 aliphatic heterocycles. The first-order valence-electron chi connectivity index (χ1n) is 5.99. The van der Waals surface area contributed by atoms with Crippen molar-refractivity contribution < 1.29 is 9.59 Å². The average Bonchev–Trinajstić information content (AvgIpc) is 2.40. The number of carbonyl (C=O) groups is 2. The van der Waals surface area contributed by atoms with E-state index in [2.05, 4.69) is 5.32 Å². The van der Waals surface area contributed by atoms with Crippen molar-refractivity contribution in [1.29, 1.82) is 0 Å². The molecule has 0 radical (unpaired) electrons. The second-order valence-corrected chi connectivity index (χ2v) is 4.45. The Morgan fingerprint density at radius 2 is 2.11 bits per heavy atom. The molecular weight excluding hydrogens is 230 g/mol. The van der Waals surface area contributed by atoms with Gasteiger partial charge in [0.25, 0.3) is 0 Å². The first kappa shape index (κ1) is 12.6. The second kappa shape index (κ2) is 5.18. The van der Waals surface area contributed by atoms with Gasteiger partial charge in [0.2, 0.25) is 11.8 Å². The number of benzene rings is 1. The molecule has 0 aromatic heterocycles. The number of hydrogen-bond donors (Lipinski definition) is 2. The Bertz CT molecular complexity index is 473. The minimum absolute atomic E-state index is 0.0597. The van der Waals surface area contributed by atoms with Gasteiger partial charge in [0.1, 0.15) is 6.54 Å². The Morgan fingerprint density at radius 3 is 2.83 bits per heavy atom. The van der Waals surface area contributed by atoms with Crippen LogP contribution >= 0.6 is 0 Å². The van der Waals surface area contributed by atoms with Crippen molar-refractivity contribution in [3.05, 3.63) is 29.8 Å². The third-order valence-electron chi connectivity index (χ3n) is 3.15. The number of anilines is 1. The van der Waals surface area contributed by atoms with E-state index >= 15 is 0 Å². The van der Waals surface area contributed by atoms with E-state index < -0.39 is 0 Å². The van der Waals surface area contributed by atoms with Gasteiger partial charge in [0, 0.05) is 5.69 Å². The van der Waals surface area contributed by atoms with Crippen LogP contribution in [0.15, 0.2) is 24.3 Å². The Morgan fingerprint density at radius 1 is 1.39 bits per heavy atom. The molecule has 1 heterocycles. The smallest absolute Gasteiger partial charge is 0.246 e. The van der Waals surface area contributed by atoms with Gasteiger partial charge < -0.3 is 16.0 Å². The van der Waals surface area contributed by atoms with Crippen molar-refractivity contribution in [2.75, 3.05) is 24.5 Å². The van der Waals surface area contributed by atoms with E-state index in [9.17, 15) is 9.59 Å². The number of nitrogens with one attached hydrogen (secondary N) is 1. The maximum Gasteiger partial charge on any atom is 0.246 e. The molecule has 0 bridgehead atoms. The Hall–Kier alpha value is -1.88. The quantitative estimate of drug-likeness (QED) is 0.802. The summed E-state index contributed by atoms with van der Waals surface area (Å²) in [6.45, 7) is 2.65. The molecule has 2 rings (SSSR count). The zero-order valence-corrected chi connectivity index (χ0v) is 10.3. The molecule has 1 aromatic rings. The van der Waals surface area contributed by atoms with Crippen LogP contribution in [0.4, 0.5) is 5.69 Å². The topological polar surface area (TPSA) is 75.4 Å². The van der Waals surface area contributed by atoms with Crippen molar-refractivity contribution in [3.63, 3.8) is 0 Å². The van der Waals surface area contributed by atoms with Crippen molar-refractivity contribution in [2.45, 2.75) is 12.8 Å². The number of amides is 2. The largest absolute Gasteiger partial charge is 0.345 e. The summed E-state index contributed by atoms with van der Waals surface area (Å²) < 4.78 is 0. The van der Waals surface area contributed by atoms with E-state index in [1.807, 2.05) is 31.2 Å². The zero-order chi connectivity index (χ0) is 13.1. The third-order valence-corrected chi connectivity index (χ3v) is 3.15. The summed E-state index contributed by atoms with van der Waals surface area (Å²) in [4.78, 5) is 24.8. The molecule has 1 aliphatic rings. The molecule has 5 nitrogen and oxygen atoms in total. The lowest BCUT2D eigenvalue weighted by Crippen LogP contribution is -2.52. The molecule has 0 spiro atoms. The lowest BCUT2D eigenvalue weighted by Gasteiger charge is -2.29. The number of hydrogen-bond acceptors (Lipinski definition) is 3. The fourth-order valence-electron chi connectivity index (χ4n) is 2.05. The van der Waals surface area contributed by atoms with Crippen molar-refractivity contribution in [3.8, 4) is 0 Å². The van der Waals surface area contributed by atoms with Crippen LogP contribution in [-0.4, -0.2) is 31.4 Å². The van der Waals surface area contributed by atoms with E-state index in [0.29, 0.717) is 6.54 Å². The Balaban J connectivity index is 2.37. The molecule has 1 atom stereocenters. The number of nitrogens with two attached hydrogens (primary N) is 1. The van der Waals surface area contributed by atoms with Gasteiger partial charge in [-0.2, -0.15) is 0 Å². The highest BCUT2D eigenvalue weighted by molar-refractivity contribution is 6.04. The van der Waals surface area contributed by atoms with Gasteiger partial charge in [-0.3, -0.25) is 9.59 Å². The predicted molar refractivity (Wildman–Crippen MR) is 69.3 cm³/mol. The number of para-hydroxylation sites is 1. The van der Waals surface area contributed by atoms with E-state index in [1.165, 1.54) is 4.90 Å². The van der Waals surface area contributed by atoms with Gasteiger partial charge in [-0.05, 0) is 24.1 Å². The molecule has 1 saturated heterocycles. The highest BCUT2D eigenvalue weighted by Crippen LogP contribution is 2.27. The zero-order valence-electron chi connectivity index (χ0n) is 10.3. The molecule has 3 N–H and O–H groups in total. The molecule has 2 amide bonds. The lowest BCUT2D eigenvalue weighted by molar-refractivity contribution is -0.128. The Labute approximate surface area is 106 Å². The highest BCUT2D eigenvalue weighted by Gasteiger charge is 2.26. The number of rotatable bonds is 3. The predicted octanol–water partition coefficient (Wildman–Crippen LogP) is 0.212. The number of piperazine rings is 1. The molecule has 96 valence electrons. The maximum absolute atomic E-state index is 11.9. The maximum atomic E-state index is 11.9. The van der Waals surface area contributed by atoms with Crippen molar-refractivity contribution >= 4 is 17.5 Å².